The minimum Gasteiger partial charge on any atom is -0.486 e. The molecular weight excluding hydrogens is 436 g/mol. The second kappa shape index (κ2) is 11.3. The van der Waals surface area contributed by atoms with E-state index in [1.165, 1.54) is 18.0 Å². The summed E-state index contributed by atoms with van der Waals surface area (Å²) in [5.74, 6) is 1.17. The molecule has 0 aliphatic heterocycles. The van der Waals surface area contributed by atoms with Crippen LogP contribution in [0.15, 0.2) is 65.4 Å². The minimum atomic E-state index is -0.263. The monoisotopic (exact) mass is 456 g/mol. The van der Waals surface area contributed by atoms with Gasteiger partial charge in [0.05, 0.1) is 17.7 Å². The lowest BCUT2D eigenvalue weighted by atomic mass is 10.3. The largest absolute Gasteiger partial charge is 0.486 e. The Hall–Kier alpha value is -3.17. The third-order valence-electron chi connectivity index (χ3n) is 3.91. The zero-order valence-corrected chi connectivity index (χ0v) is 18.4. The van der Waals surface area contributed by atoms with E-state index in [0.717, 1.165) is 5.69 Å². The van der Waals surface area contributed by atoms with Crippen molar-refractivity contribution in [3.8, 4) is 5.75 Å². The Kier molecular flexibility index (Phi) is 8.19. The maximum Gasteiger partial charge on any atom is 0.250 e. The van der Waals surface area contributed by atoms with Gasteiger partial charge in [0.2, 0.25) is 0 Å². The van der Waals surface area contributed by atoms with Gasteiger partial charge in [-0.05, 0) is 43.3 Å². The average molecular weight is 457 g/mol. The molecule has 3 rings (SSSR count). The van der Waals surface area contributed by atoms with E-state index < -0.39 is 0 Å². The molecule has 0 bridgehead atoms. The van der Waals surface area contributed by atoms with Gasteiger partial charge in [0.15, 0.2) is 11.0 Å². The van der Waals surface area contributed by atoms with Crippen molar-refractivity contribution in [2.24, 2.45) is 5.10 Å². The fraction of sp³-hybridized carbons (Fsp3) is 0.190. The van der Waals surface area contributed by atoms with Crippen LogP contribution >= 0.6 is 23.4 Å². The van der Waals surface area contributed by atoms with E-state index in [1.54, 1.807) is 30.3 Å². The van der Waals surface area contributed by atoms with Gasteiger partial charge in [-0.25, -0.2) is 5.43 Å². The quantitative estimate of drug-likeness (QED) is 0.216. The number of amides is 1. The Morgan fingerprint density at radius 3 is 2.84 bits per heavy atom. The molecule has 0 aliphatic carbocycles. The molecule has 0 atom stereocenters. The van der Waals surface area contributed by atoms with E-state index in [4.69, 9.17) is 16.3 Å². The minimum absolute atomic E-state index is 0.131. The molecule has 10 heteroatoms. The molecule has 0 radical (unpaired) electrons. The number of aryl methyl sites for hydroxylation is 1. The zero-order valence-electron chi connectivity index (χ0n) is 16.9. The summed E-state index contributed by atoms with van der Waals surface area (Å²) < 4.78 is 7.59. The van der Waals surface area contributed by atoms with Crippen molar-refractivity contribution in [2.45, 2.75) is 25.2 Å². The van der Waals surface area contributed by atoms with Crippen LogP contribution in [0.4, 0.5) is 0 Å². The lowest BCUT2D eigenvalue weighted by Crippen LogP contribution is -2.20. The Morgan fingerprint density at radius 2 is 2.10 bits per heavy atom. The first-order chi connectivity index (χ1) is 15.0. The van der Waals surface area contributed by atoms with Crippen molar-refractivity contribution in [2.75, 3.05) is 5.75 Å². The molecule has 0 fully saturated rings. The van der Waals surface area contributed by atoms with Crippen LogP contribution in [-0.4, -0.2) is 37.6 Å². The van der Waals surface area contributed by atoms with Gasteiger partial charge >= 0.3 is 0 Å². The van der Waals surface area contributed by atoms with E-state index >= 15 is 0 Å². The number of hydrogen-bond acceptors (Lipinski definition) is 7. The number of thioether (sulfide) groups is 1. The number of carbonyl (C=O) groups is 1. The predicted octanol–water partition coefficient (Wildman–Crippen LogP) is 3.64. The summed E-state index contributed by atoms with van der Waals surface area (Å²) in [6.45, 7) is 6.38. The Labute approximate surface area is 189 Å². The summed E-state index contributed by atoms with van der Waals surface area (Å²) in [5.41, 5.74) is 4.04. The third kappa shape index (κ3) is 6.94. The van der Waals surface area contributed by atoms with E-state index in [9.17, 15) is 4.79 Å². The number of pyridine rings is 1. The van der Waals surface area contributed by atoms with Crippen molar-refractivity contribution in [1.82, 2.24) is 25.2 Å². The number of rotatable bonds is 10. The van der Waals surface area contributed by atoms with E-state index in [2.05, 4.69) is 32.3 Å². The van der Waals surface area contributed by atoms with Gasteiger partial charge < -0.3 is 4.74 Å². The topological polar surface area (TPSA) is 94.3 Å². The number of ether oxygens (including phenoxy) is 1. The molecule has 0 unspecified atom stereocenters. The number of nitrogens with one attached hydrogen (secondary N) is 1. The maximum atomic E-state index is 12.1. The second-order valence-corrected chi connectivity index (χ2v) is 7.71. The van der Waals surface area contributed by atoms with Crippen LogP contribution in [0, 0.1) is 6.92 Å². The molecule has 31 heavy (non-hydrogen) atoms. The molecule has 2 aromatic heterocycles. The van der Waals surface area contributed by atoms with Crippen molar-refractivity contribution in [1.29, 1.82) is 0 Å². The molecule has 0 spiro atoms. The van der Waals surface area contributed by atoms with Gasteiger partial charge in [-0.15, -0.1) is 16.8 Å². The van der Waals surface area contributed by atoms with Gasteiger partial charge in [0.1, 0.15) is 12.4 Å². The molecule has 1 amide bonds. The first kappa shape index (κ1) is 22.5. The van der Waals surface area contributed by atoms with Gasteiger partial charge in [-0.1, -0.05) is 35.5 Å². The lowest BCUT2D eigenvalue weighted by Gasteiger charge is -2.09. The summed E-state index contributed by atoms with van der Waals surface area (Å²) in [4.78, 5) is 16.4. The highest BCUT2D eigenvalue weighted by Gasteiger charge is 2.14. The Morgan fingerprint density at radius 1 is 1.29 bits per heavy atom. The molecule has 160 valence electrons. The smallest absolute Gasteiger partial charge is 0.250 e. The van der Waals surface area contributed by atoms with Crippen molar-refractivity contribution in [3.63, 3.8) is 0 Å². The first-order valence-electron chi connectivity index (χ1n) is 9.35. The number of aromatic nitrogens is 4. The van der Waals surface area contributed by atoms with Crippen LogP contribution in [0.2, 0.25) is 5.02 Å². The summed E-state index contributed by atoms with van der Waals surface area (Å²) in [6, 6.07) is 12.6. The fourth-order valence-corrected chi connectivity index (χ4v) is 3.38. The van der Waals surface area contributed by atoms with Crippen LogP contribution in [0.3, 0.4) is 0 Å². The molecule has 8 nitrogen and oxygen atoms in total. The van der Waals surface area contributed by atoms with Gasteiger partial charge in [-0.3, -0.25) is 14.3 Å². The van der Waals surface area contributed by atoms with Crippen LogP contribution in [0.1, 0.15) is 17.2 Å². The number of hydrazone groups is 1. The molecule has 3 aromatic rings. The molecule has 1 aromatic carbocycles. The summed E-state index contributed by atoms with van der Waals surface area (Å²) in [5, 5.41) is 13.5. The number of halogens is 1. The van der Waals surface area contributed by atoms with Crippen LogP contribution < -0.4 is 10.2 Å². The lowest BCUT2D eigenvalue weighted by molar-refractivity contribution is -0.118. The van der Waals surface area contributed by atoms with E-state index in [1.807, 2.05) is 29.7 Å². The van der Waals surface area contributed by atoms with Crippen LogP contribution in [-0.2, 0) is 17.9 Å². The van der Waals surface area contributed by atoms with E-state index in [0.29, 0.717) is 34.0 Å². The molecular formula is C21H21ClN6O2S. The predicted molar refractivity (Wildman–Crippen MR) is 121 cm³/mol. The molecule has 0 saturated carbocycles. The maximum absolute atomic E-state index is 12.1. The number of nitrogens with zero attached hydrogens (tertiary/aromatic N) is 5. The average Bonchev–Trinajstić information content (AvgIpc) is 3.14. The normalized spacial score (nSPS) is 10.9. The highest BCUT2D eigenvalue weighted by molar-refractivity contribution is 7.99. The SMILES string of the molecule is C=CCn1c(COc2ccc(Cl)cc2)nnc1SCC(=O)NN=Cc1cccc(C)n1. The van der Waals surface area contributed by atoms with Crippen molar-refractivity contribution in [3.05, 3.63) is 77.4 Å². The van der Waals surface area contributed by atoms with Gasteiger partial charge in [0.25, 0.3) is 5.91 Å². The molecule has 1 N–H and O–H groups in total. The standard InChI is InChI=1S/C21H21ClN6O2S/c1-3-11-28-19(13-30-18-9-7-16(22)8-10-18)25-27-21(28)31-14-20(29)26-23-12-17-6-4-5-15(2)24-17/h3-10,12H,1,11,13-14H2,2H3,(H,26,29). The summed E-state index contributed by atoms with van der Waals surface area (Å²) in [6.07, 6.45) is 3.24. The van der Waals surface area contributed by atoms with E-state index in [-0.39, 0.29) is 18.3 Å². The highest BCUT2D eigenvalue weighted by Crippen LogP contribution is 2.20. The third-order valence-corrected chi connectivity index (χ3v) is 5.13. The Bertz CT molecular complexity index is 1070. The first-order valence-corrected chi connectivity index (χ1v) is 10.7. The molecule has 0 aliphatic rings. The number of hydrogen-bond donors (Lipinski definition) is 1. The Balaban J connectivity index is 1.54. The highest BCUT2D eigenvalue weighted by atomic mass is 35.5. The second-order valence-electron chi connectivity index (χ2n) is 6.33. The zero-order chi connectivity index (χ0) is 22.1. The molecule has 2 heterocycles. The van der Waals surface area contributed by atoms with Crippen molar-refractivity contribution >= 4 is 35.5 Å². The molecule has 0 saturated heterocycles. The van der Waals surface area contributed by atoms with Crippen LogP contribution in [0.5, 0.6) is 5.75 Å². The number of benzene rings is 1. The van der Waals surface area contributed by atoms with Crippen molar-refractivity contribution < 1.29 is 9.53 Å². The summed E-state index contributed by atoms with van der Waals surface area (Å²) in [7, 11) is 0. The van der Waals surface area contributed by atoms with Crippen LogP contribution in [0.25, 0.3) is 0 Å². The number of carbonyl (C=O) groups excluding carboxylic acids is 1. The summed E-state index contributed by atoms with van der Waals surface area (Å²) >= 11 is 7.14. The fourth-order valence-electron chi connectivity index (χ4n) is 2.49. The number of allylic oxidation sites excluding steroid dienone is 1. The van der Waals surface area contributed by atoms with Gasteiger partial charge in [0, 0.05) is 17.3 Å². The van der Waals surface area contributed by atoms with Gasteiger partial charge in [-0.2, -0.15) is 5.10 Å².